The van der Waals surface area contributed by atoms with E-state index in [4.69, 9.17) is 5.73 Å². The van der Waals surface area contributed by atoms with Crippen molar-refractivity contribution in [2.45, 2.75) is 64.5 Å². The number of rotatable bonds is 5. The Labute approximate surface area is 191 Å². The highest BCUT2D eigenvalue weighted by Gasteiger charge is 2.40. The Balaban J connectivity index is 0.00000150. The number of amides is 1. The van der Waals surface area contributed by atoms with E-state index in [-0.39, 0.29) is 30.7 Å². The summed E-state index contributed by atoms with van der Waals surface area (Å²) >= 11 is 1.73. The number of carbonyl (C=O) groups is 1. The lowest BCUT2D eigenvalue weighted by molar-refractivity contribution is -0.128. The van der Waals surface area contributed by atoms with Crippen LogP contribution in [-0.4, -0.2) is 41.5 Å². The molecule has 29 heavy (non-hydrogen) atoms. The minimum Gasteiger partial charge on any atom is -0.356 e. The van der Waals surface area contributed by atoms with Gasteiger partial charge in [-0.2, -0.15) is 0 Å². The van der Waals surface area contributed by atoms with Crippen LogP contribution in [0.25, 0.3) is 0 Å². The zero-order valence-corrected chi connectivity index (χ0v) is 19.8. The van der Waals surface area contributed by atoms with Gasteiger partial charge in [0.25, 0.3) is 0 Å². The Kier molecular flexibility index (Phi) is 9.68. The lowest BCUT2D eigenvalue weighted by atomic mass is 9.65. The Hall–Kier alpha value is -0.400. The molecular weight excluding hydrogens is 427 g/mol. The number of nitrogens with two attached hydrogens (primary N) is 1. The van der Waals surface area contributed by atoms with Crippen LogP contribution in [0.1, 0.15) is 55.6 Å². The zero-order valence-electron chi connectivity index (χ0n) is 17.3. The van der Waals surface area contributed by atoms with Gasteiger partial charge in [0.15, 0.2) is 0 Å². The number of hydrogen-bond donors (Lipinski definition) is 2. The van der Waals surface area contributed by atoms with Gasteiger partial charge in [0.1, 0.15) is 0 Å². The van der Waals surface area contributed by atoms with E-state index >= 15 is 0 Å². The van der Waals surface area contributed by atoms with Crippen LogP contribution in [0, 0.1) is 30.6 Å². The second-order valence-electron chi connectivity index (χ2n) is 9.02. The van der Waals surface area contributed by atoms with E-state index in [1.54, 1.807) is 11.3 Å². The summed E-state index contributed by atoms with van der Waals surface area (Å²) < 4.78 is 0. The molecule has 2 aliphatic carbocycles. The minimum absolute atomic E-state index is 0. The fourth-order valence-electron chi connectivity index (χ4n) is 5.45. The molecule has 1 aromatic rings. The van der Waals surface area contributed by atoms with E-state index < -0.39 is 0 Å². The van der Waals surface area contributed by atoms with Crippen LogP contribution in [0.5, 0.6) is 0 Å². The third-order valence-electron chi connectivity index (χ3n) is 7.11. The number of halogens is 2. The second kappa shape index (κ2) is 11.3. The molecule has 2 bridgehead atoms. The highest BCUT2D eigenvalue weighted by atomic mass is 35.5. The van der Waals surface area contributed by atoms with E-state index in [9.17, 15) is 4.79 Å². The quantitative estimate of drug-likeness (QED) is 0.697. The fourth-order valence-corrected chi connectivity index (χ4v) is 6.05. The minimum atomic E-state index is 0. The molecule has 2 saturated carbocycles. The molecule has 166 valence electrons. The van der Waals surface area contributed by atoms with Gasteiger partial charge >= 0.3 is 0 Å². The number of nitrogens with zero attached hydrogens (tertiary/aromatic N) is 2. The van der Waals surface area contributed by atoms with E-state index in [2.05, 4.69) is 27.5 Å². The van der Waals surface area contributed by atoms with Gasteiger partial charge in [0, 0.05) is 30.4 Å². The van der Waals surface area contributed by atoms with Gasteiger partial charge < -0.3 is 11.1 Å². The summed E-state index contributed by atoms with van der Waals surface area (Å²) in [5.74, 6) is 2.26. The first kappa shape index (κ1) is 24.9. The lowest BCUT2D eigenvalue weighted by Gasteiger charge is -2.43. The van der Waals surface area contributed by atoms with Crippen LogP contribution in [0.15, 0.2) is 5.38 Å². The van der Waals surface area contributed by atoms with Gasteiger partial charge in [-0.05, 0) is 76.3 Å². The van der Waals surface area contributed by atoms with Gasteiger partial charge in [0.05, 0.1) is 10.7 Å². The fraction of sp³-hybridized carbons (Fsp3) is 0.810. The summed E-state index contributed by atoms with van der Waals surface area (Å²) in [6.07, 6.45) is 8.10. The van der Waals surface area contributed by atoms with Crippen molar-refractivity contribution in [1.82, 2.24) is 15.2 Å². The highest BCUT2D eigenvalue weighted by molar-refractivity contribution is 7.09. The Morgan fingerprint density at radius 1 is 1.21 bits per heavy atom. The van der Waals surface area contributed by atoms with Crippen molar-refractivity contribution in [3.05, 3.63) is 16.1 Å². The summed E-state index contributed by atoms with van der Waals surface area (Å²) in [7, 11) is 0. The van der Waals surface area contributed by atoms with Gasteiger partial charge in [-0.25, -0.2) is 4.98 Å². The number of nitrogens with one attached hydrogen (secondary N) is 1. The van der Waals surface area contributed by atoms with Crippen LogP contribution in [0.2, 0.25) is 0 Å². The summed E-state index contributed by atoms with van der Waals surface area (Å²) in [6.45, 7) is 6.10. The summed E-state index contributed by atoms with van der Waals surface area (Å²) in [5, 5.41) is 6.61. The van der Waals surface area contributed by atoms with E-state index in [0.29, 0.717) is 29.7 Å². The Morgan fingerprint density at radius 3 is 2.45 bits per heavy atom. The van der Waals surface area contributed by atoms with Crippen molar-refractivity contribution in [2.24, 2.45) is 29.4 Å². The molecule has 3 N–H and O–H groups in total. The smallest absolute Gasteiger partial charge is 0.223 e. The molecule has 4 rings (SSSR count). The van der Waals surface area contributed by atoms with Crippen LogP contribution >= 0.6 is 36.2 Å². The number of carbonyl (C=O) groups excluding carboxylic acids is 1. The SMILES string of the molecule is Cc1nc(CN2CCC(CNC(=O)C3CC4CCCC(C3)C4N)CC2)cs1.Cl.Cl. The summed E-state index contributed by atoms with van der Waals surface area (Å²) in [6, 6.07) is 0.341. The number of thiazole rings is 1. The van der Waals surface area contributed by atoms with Gasteiger partial charge in [-0.3, -0.25) is 9.69 Å². The number of aromatic nitrogens is 1. The number of hydrogen-bond acceptors (Lipinski definition) is 5. The zero-order chi connectivity index (χ0) is 18.8. The molecule has 0 aromatic carbocycles. The van der Waals surface area contributed by atoms with Crippen molar-refractivity contribution in [3.8, 4) is 0 Å². The molecule has 0 radical (unpaired) electrons. The summed E-state index contributed by atoms with van der Waals surface area (Å²) in [4.78, 5) is 19.8. The highest BCUT2D eigenvalue weighted by Crippen LogP contribution is 2.41. The molecule has 3 fully saturated rings. The van der Waals surface area contributed by atoms with Crippen molar-refractivity contribution in [2.75, 3.05) is 19.6 Å². The topological polar surface area (TPSA) is 71.2 Å². The van der Waals surface area contributed by atoms with Crippen molar-refractivity contribution in [3.63, 3.8) is 0 Å². The predicted molar refractivity (Wildman–Crippen MR) is 124 cm³/mol. The van der Waals surface area contributed by atoms with Gasteiger partial charge in [-0.15, -0.1) is 36.2 Å². The van der Waals surface area contributed by atoms with Crippen molar-refractivity contribution < 1.29 is 4.79 Å². The third-order valence-corrected chi connectivity index (χ3v) is 7.93. The average molecular weight is 464 g/mol. The number of likely N-dealkylation sites (tertiary alicyclic amines) is 1. The van der Waals surface area contributed by atoms with E-state index in [0.717, 1.165) is 44.0 Å². The molecule has 1 amide bonds. The lowest BCUT2D eigenvalue weighted by Crippen LogP contribution is -2.49. The third kappa shape index (κ3) is 6.30. The Bertz CT molecular complexity index is 636. The largest absolute Gasteiger partial charge is 0.356 e. The van der Waals surface area contributed by atoms with Gasteiger partial charge in [0.2, 0.25) is 5.91 Å². The number of piperidine rings is 1. The molecule has 2 unspecified atom stereocenters. The van der Waals surface area contributed by atoms with E-state index in [1.807, 2.05) is 0 Å². The van der Waals surface area contributed by atoms with Crippen LogP contribution in [0.3, 0.4) is 0 Å². The van der Waals surface area contributed by atoms with Crippen molar-refractivity contribution >= 4 is 42.1 Å². The first-order valence-electron chi connectivity index (χ1n) is 10.7. The molecule has 2 heterocycles. The maximum Gasteiger partial charge on any atom is 0.223 e. The first-order valence-corrected chi connectivity index (χ1v) is 11.6. The standard InChI is InChI=1S/C21H34N4OS.2ClH/c1-14-24-19(13-27-14)12-25-7-5-15(6-8-25)11-23-21(26)18-9-16-3-2-4-17(10-18)20(16)22;;/h13,15-18,20H,2-12,22H2,1H3,(H,23,26);2*1H. The van der Waals surface area contributed by atoms with Crippen LogP contribution in [0.4, 0.5) is 0 Å². The maximum absolute atomic E-state index is 12.7. The second-order valence-corrected chi connectivity index (χ2v) is 10.1. The first-order chi connectivity index (χ1) is 13.1. The molecule has 3 aliphatic rings. The molecule has 2 atom stereocenters. The molecule has 1 aromatic heterocycles. The molecule has 1 aliphatic heterocycles. The molecular formula is C21H36Cl2N4OS. The van der Waals surface area contributed by atoms with Crippen LogP contribution in [-0.2, 0) is 11.3 Å². The predicted octanol–water partition coefficient (Wildman–Crippen LogP) is 3.78. The monoisotopic (exact) mass is 462 g/mol. The normalized spacial score (nSPS) is 30.1. The molecule has 0 spiro atoms. The molecule has 1 saturated heterocycles. The molecule has 8 heteroatoms. The number of fused-ring (bicyclic) bond motifs is 2. The van der Waals surface area contributed by atoms with E-state index in [1.165, 1.54) is 37.8 Å². The molecule has 5 nitrogen and oxygen atoms in total. The Morgan fingerprint density at radius 2 is 1.86 bits per heavy atom. The van der Waals surface area contributed by atoms with Crippen LogP contribution < -0.4 is 11.1 Å². The van der Waals surface area contributed by atoms with Crippen molar-refractivity contribution in [1.29, 1.82) is 0 Å². The average Bonchev–Trinajstić information content (AvgIpc) is 3.05. The van der Waals surface area contributed by atoms with Gasteiger partial charge in [-0.1, -0.05) is 6.42 Å². The maximum atomic E-state index is 12.7. The summed E-state index contributed by atoms with van der Waals surface area (Å²) in [5.41, 5.74) is 7.57. The number of aryl methyl sites for hydroxylation is 1.